The molecule has 0 saturated heterocycles. The van der Waals surface area contributed by atoms with Gasteiger partial charge in [0.1, 0.15) is 0 Å². The lowest BCUT2D eigenvalue weighted by Gasteiger charge is -2.15. The maximum atomic E-state index is 11.7. The number of nitrogens with one attached hydrogen (secondary N) is 1. The number of methoxy groups -OCH3 is 1. The number of amides is 1. The number of thiophene rings is 1. The minimum atomic E-state index is -0.250. The number of esters is 1. The van der Waals surface area contributed by atoms with Gasteiger partial charge in [0.25, 0.3) is 0 Å². The molecule has 0 aromatic carbocycles. The average Bonchev–Trinajstić information content (AvgIpc) is 2.79. The van der Waals surface area contributed by atoms with E-state index in [9.17, 15) is 9.59 Å². The quantitative estimate of drug-likeness (QED) is 0.567. The van der Waals surface area contributed by atoms with Crippen molar-refractivity contribution in [2.45, 2.75) is 19.4 Å². The van der Waals surface area contributed by atoms with Gasteiger partial charge in [-0.05, 0) is 41.5 Å². The van der Waals surface area contributed by atoms with Crippen LogP contribution in [-0.4, -0.2) is 44.0 Å². The van der Waals surface area contributed by atoms with Crippen molar-refractivity contribution < 1.29 is 14.3 Å². The molecular weight excluding hydrogens is 344 g/mol. The first kappa shape index (κ1) is 17.1. The molecule has 0 unspecified atom stereocenters. The molecule has 0 bridgehead atoms. The van der Waals surface area contributed by atoms with Gasteiger partial charge in [0, 0.05) is 24.4 Å². The second-order valence-electron chi connectivity index (χ2n) is 4.41. The molecule has 0 radical (unpaired) electrons. The van der Waals surface area contributed by atoms with Crippen LogP contribution in [-0.2, 0) is 20.9 Å². The monoisotopic (exact) mass is 362 g/mol. The third-order valence-corrected chi connectivity index (χ3v) is 4.18. The van der Waals surface area contributed by atoms with Crippen LogP contribution < -0.4 is 5.32 Å². The molecule has 0 fully saturated rings. The van der Waals surface area contributed by atoms with Crippen LogP contribution in [0.5, 0.6) is 0 Å². The van der Waals surface area contributed by atoms with E-state index in [1.807, 2.05) is 24.1 Å². The summed E-state index contributed by atoms with van der Waals surface area (Å²) < 4.78 is 5.62. The predicted molar refractivity (Wildman–Crippen MR) is 82.6 cm³/mol. The predicted octanol–water partition coefficient (Wildman–Crippen LogP) is 2.01. The molecule has 0 atom stereocenters. The molecule has 1 amide bonds. The first-order chi connectivity index (χ1) is 9.51. The maximum absolute atomic E-state index is 11.7. The zero-order valence-electron chi connectivity index (χ0n) is 11.6. The smallest absolute Gasteiger partial charge is 0.305 e. The van der Waals surface area contributed by atoms with Gasteiger partial charge in [0.15, 0.2) is 0 Å². The largest absolute Gasteiger partial charge is 0.469 e. The molecule has 1 aromatic rings. The minimum absolute atomic E-state index is 0.0343. The van der Waals surface area contributed by atoms with Gasteiger partial charge in [-0.25, -0.2) is 0 Å². The highest BCUT2D eigenvalue weighted by atomic mass is 79.9. The van der Waals surface area contributed by atoms with E-state index in [2.05, 4.69) is 26.0 Å². The van der Waals surface area contributed by atoms with Crippen molar-refractivity contribution >= 4 is 39.1 Å². The van der Waals surface area contributed by atoms with Crippen molar-refractivity contribution in [2.75, 3.05) is 27.2 Å². The molecule has 1 heterocycles. The molecular formula is C13H19BrN2O3S. The normalized spacial score (nSPS) is 10.6. The van der Waals surface area contributed by atoms with Crippen LogP contribution in [0.15, 0.2) is 15.9 Å². The van der Waals surface area contributed by atoms with Gasteiger partial charge in [-0.2, -0.15) is 0 Å². The highest BCUT2D eigenvalue weighted by Gasteiger charge is 2.08. The molecule has 1 rings (SSSR count). The Labute approximate surface area is 131 Å². The van der Waals surface area contributed by atoms with Crippen LogP contribution >= 0.6 is 27.3 Å². The van der Waals surface area contributed by atoms with E-state index in [1.54, 1.807) is 11.3 Å². The Kier molecular flexibility index (Phi) is 7.79. The molecule has 1 aromatic heterocycles. The van der Waals surface area contributed by atoms with E-state index >= 15 is 0 Å². The Balaban J connectivity index is 2.16. The number of carbonyl (C=O) groups excluding carboxylic acids is 2. The Morgan fingerprint density at radius 2 is 2.20 bits per heavy atom. The summed E-state index contributed by atoms with van der Waals surface area (Å²) in [6.45, 7) is 1.58. The van der Waals surface area contributed by atoms with Crippen molar-refractivity contribution in [1.29, 1.82) is 0 Å². The summed E-state index contributed by atoms with van der Waals surface area (Å²) in [5, 5.41) is 2.79. The molecule has 112 valence electrons. The third-order valence-electron chi connectivity index (χ3n) is 2.58. The van der Waals surface area contributed by atoms with Gasteiger partial charge in [0.2, 0.25) is 5.91 Å². The molecule has 0 aliphatic heterocycles. The number of carbonyl (C=O) groups is 2. The molecule has 5 nitrogen and oxygen atoms in total. The lowest BCUT2D eigenvalue weighted by Crippen LogP contribution is -2.35. The van der Waals surface area contributed by atoms with Crippen molar-refractivity contribution in [2.24, 2.45) is 0 Å². The summed E-state index contributed by atoms with van der Waals surface area (Å²) in [5.74, 6) is -0.285. The SMILES string of the molecule is COC(=O)CCCNC(=O)CN(C)Cc1ccc(Br)s1. The van der Waals surface area contributed by atoms with E-state index in [4.69, 9.17) is 0 Å². The first-order valence-electron chi connectivity index (χ1n) is 6.27. The zero-order valence-corrected chi connectivity index (χ0v) is 14.1. The maximum Gasteiger partial charge on any atom is 0.305 e. The average molecular weight is 363 g/mol. The van der Waals surface area contributed by atoms with Crippen molar-refractivity contribution in [1.82, 2.24) is 10.2 Å². The number of ether oxygens (including phenoxy) is 1. The molecule has 1 N–H and O–H groups in total. The molecule has 0 aliphatic carbocycles. The van der Waals surface area contributed by atoms with E-state index < -0.39 is 0 Å². The number of hydrogen-bond acceptors (Lipinski definition) is 5. The van der Waals surface area contributed by atoms with Gasteiger partial charge in [-0.3, -0.25) is 14.5 Å². The fourth-order valence-corrected chi connectivity index (χ4v) is 3.19. The van der Waals surface area contributed by atoms with Crippen molar-refractivity contribution in [3.05, 3.63) is 20.8 Å². The highest BCUT2D eigenvalue weighted by Crippen LogP contribution is 2.22. The summed E-state index contributed by atoms with van der Waals surface area (Å²) >= 11 is 5.08. The highest BCUT2D eigenvalue weighted by molar-refractivity contribution is 9.11. The first-order valence-corrected chi connectivity index (χ1v) is 7.88. The van der Waals surface area contributed by atoms with E-state index in [-0.39, 0.29) is 11.9 Å². The summed E-state index contributed by atoms with van der Waals surface area (Å²) in [6.07, 6.45) is 0.926. The van der Waals surface area contributed by atoms with Crippen molar-refractivity contribution in [3.8, 4) is 0 Å². The van der Waals surface area contributed by atoms with E-state index in [0.29, 0.717) is 25.9 Å². The Bertz CT molecular complexity index is 451. The van der Waals surface area contributed by atoms with Crippen LogP contribution in [0.1, 0.15) is 17.7 Å². The van der Waals surface area contributed by atoms with Gasteiger partial charge in [-0.15, -0.1) is 11.3 Å². The van der Waals surface area contributed by atoms with Crippen LogP contribution in [0.3, 0.4) is 0 Å². The third kappa shape index (κ3) is 7.02. The number of rotatable bonds is 8. The standard InChI is InChI=1S/C13H19BrN2O3S/c1-16(8-10-5-6-11(14)20-10)9-12(17)15-7-3-4-13(18)19-2/h5-6H,3-4,7-9H2,1-2H3,(H,15,17). The van der Waals surface area contributed by atoms with Crippen molar-refractivity contribution in [3.63, 3.8) is 0 Å². The molecule has 0 saturated carbocycles. The summed E-state index contributed by atoms with van der Waals surface area (Å²) in [5.41, 5.74) is 0. The van der Waals surface area contributed by atoms with Gasteiger partial charge >= 0.3 is 5.97 Å². The van der Waals surface area contributed by atoms with Crippen LogP contribution in [0.4, 0.5) is 0 Å². The van der Waals surface area contributed by atoms with Gasteiger partial charge < -0.3 is 10.1 Å². The summed E-state index contributed by atoms with van der Waals surface area (Å²) in [7, 11) is 3.26. The number of nitrogens with zero attached hydrogens (tertiary/aromatic N) is 1. The van der Waals surface area contributed by atoms with Crippen LogP contribution in [0.2, 0.25) is 0 Å². The fourth-order valence-electron chi connectivity index (χ4n) is 1.62. The minimum Gasteiger partial charge on any atom is -0.469 e. The zero-order chi connectivity index (χ0) is 15.0. The Hall–Kier alpha value is -0.920. The number of hydrogen-bond donors (Lipinski definition) is 1. The van der Waals surface area contributed by atoms with Crippen LogP contribution in [0, 0.1) is 0 Å². The van der Waals surface area contributed by atoms with E-state index in [1.165, 1.54) is 12.0 Å². The van der Waals surface area contributed by atoms with Crippen LogP contribution in [0.25, 0.3) is 0 Å². The lowest BCUT2D eigenvalue weighted by atomic mass is 10.3. The second-order valence-corrected chi connectivity index (χ2v) is 6.96. The molecule has 0 aliphatic rings. The summed E-state index contributed by atoms with van der Waals surface area (Å²) in [6, 6.07) is 4.04. The van der Waals surface area contributed by atoms with Gasteiger partial charge in [-0.1, -0.05) is 0 Å². The Morgan fingerprint density at radius 1 is 1.45 bits per heavy atom. The molecule has 20 heavy (non-hydrogen) atoms. The molecule has 0 spiro atoms. The van der Waals surface area contributed by atoms with Gasteiger partial charge in [0.05, 0.1) is 17.4 Å². The fraction of sp³-hybridized carbons (Fsp3) is 0.538. The number of halogens is 1. The second kappa shape index (κ2) is 9.10. The van der Waals surface area contributed by atoms with E-state index in [0.717, 1.165) is 10.3 Å². The molecule has 7 heteroatoms. The Morgan fingerprint density at radius 3 is 2.80 bits per heavy atom. The number of likely N-dealkylation sites (N-methyl/N-ethyl adjacent to an activating group) is 1. The summed E-state index contributed by atoms with van der Waals surface area (Å²) in [4.78, 5) is 25.7. The lowest BCUT2D eigenvalue weighted by molar-refractivity contribution is -0.140. The topological polar surface area (TPSA) is 58.6 Å².